The van der Waals surface area contributed by atoms with Gasteiger partial charge in [0.15, 0.2) is 0 Å². The molecule has 0 heterocycles. The predicted octanol–water partition coefficient (Wildman–Crippen LogP) is 2.49. The summed E-state index contributed by atoms with van der Waals surface area (Å²) >= 11 is 1.70. The highest BCUT2D eigenvalue weighted by molar-refractivity contribution is 7.99. The van der Waals surface area contributed by atoms with E-state index in [1.807, 2.05) is 24.3 Å². The summed E-state index contributed by atoms with van der Waals surface area (Å²) < 4.78 is 4.95. The first-order valence-corrected chi connectivity index (χ1v) is 7.44. The molecule has 0 aliphatic carbocycles. The molecule has 0 aliphatic rings. The number of anilines is 1. The minimum atomic E-state index is -0.491. The van der Waals surface area contributed by atoms with Crippen molar-refractivity contribution >= 4 is 23.4 Å². The van der Waals surface area contributed by atoms with E-state index in [0.717, 1.165) is 22.8 Å². The fourth-order valence-corrected chi connectivity index (χ4v) is 2.42. The Bertz CT molecular complexity index is 399. The van der Waals surface area contributed by atoms with Gasteiger partial charge in [0.05, 0.1) is 11.7 Å². The third-order valence-corrected chi connectivity index (χ3v) is 3.60. The number of amides is 1. The first kappa shape index (κ1) is 16.0. The van der Waals surface area contributed by atoms with Crippen molar-refractivity contribution in [2.45, 2.75) is 30.7 Å². The van der Waals surface area contributed by atoms with Gasteiger partial charge in [-0.2, -0.15) is 0 Å². The fraction of sp³-hybridized carbons (Fsp3) is 0.500. The quantitative estimate of drug-likeness (QED) is 0.568. The van der Waals surface area contributed by atoms with Crippen LogP contribution >= 0.6 is 11.8 Å². The third kappa shape index (κ3) is 5.63. The molecule has 0 saturated carbocycles. The summed E-state index contributed by atoms with van der Waals surface area (Å²) in [5, 5.41) is 2.90. The average Bonchev–Trinajstić information content (AvgIpc) is 2.41. The molecule has 4 nitrogen and oxygen atoms in total. The Morgan fingerprint density at radius 2 is 2.21 bits per heavy atom. The topological polar surface area (TPSA) is 64.4 Å². The molecule has 1 aromatic rings. The van der Waals surface area contributed by atoms with Gasteiger partial charge in [-0.05, 0) is 30.7 Å². The summed E-state index contributed by atoms with van der Waals surface area (Å²) in [5.74, 6) is 0.826. The maximum Gasteiger partial charge on any atom is 0.241 e. The Kier molecular flexibility index (Phi) is 7.55. The molecule has 5 heteroatoms. The molecular formula is C14H22N2O2S. The van der Waals surface area contributed by atoms with Crippen molar-refractivity contribution in [1.82, 2.24) is 0 Å². The van der Waals surface area contributed by atoms with Crippen LogP contribution in [0.5, 0.6) is 0 Å². The number of thioether (sulfide) groups is 1. The lowest BCUT2D eigenvalue weighted by Gasteiger charge is -2.14. The number of hydrogen-bond donors (Lipinski definition) is 2. The smallest absolute Gasteiger partial charge is 0.241 e. The highest BCUT2D eigenvalue weighted by Gasteiger charge is 2.14. The van der Waals surface area contributed by atoms with Crippen LogP contribution in [0.4, 0.5) is 5.69 Å². The minimum Gasteiger partial charge on any atom is -0.385 e. The zero-order chi connectivity index (χ0) is 14.1. The number of carbonyl (C=O) groups excluding carboxylic acids is 1. The number of rotatable bonds is 8. The van der Waals surface area contributed by atoms with Crippen LogP contribution < -0.4 is 11.1 Å². The van der Waals surface area contributed by atoms with Crippen molar-refractivity contribution in [2.24, 2.45) is 5.73 Å². The Labute approximate surface area is 119 Å². The number of hydrogen-bond acceptors (Lipinski definition) is 4. The number of carbonyl (C=O) groups is 1. The van der Waals surface area contributed by atoms with Gasteiger partial charge in [-0.1, -0.05) is 19.1 Å². The first-order valence-electron chi connectivity index (χ1n) is 6.46. The maximum absolute atomic E-state index is 12.0. The minimum absolute atomic E-state index is 0.139. The summed E-state index contributed by atoms with van der Waals surface area (Å²) in [5.41, 5.74) is 6.69. The number of ether oxygens (including phenoxy) is 1. The second-order valence-corrected chi connectivity index (χ2v) is 5.47. The zero-order valence-electron chi connectivity index (χ0n) is 11.5. The molecular weight excluding hydrogens is 260 g/mol. The van der Waals surface area contributed by atoms with Gasteiger partial charge >= 0.3 is 0 Å². The van der Waals surface area contributed by atoms with Crippen molar-refractivity contribution in [2.75, 3.05) is 24.8 Å². The molecule has 0 aromatic heterocycles. The molecule has 1 aromatic carbocycles. The van der Waals surface area contributed by atoms with Crippen LogP contribution in [0.1, 0.15) is 19.8 Å². The van der Waals surface area contributed by atoms with Gasteiger partial charge in [-0.25, -0.2) is 0 Å². The standard InChI is InChI=1S/C14H22N2O2S/c1-3-19-13-9-5-4-8-12(13)16-14(17)11(15)7-6-10-18-2/h4-5,8-9,11H,3,6-7,10,15H2,1-2H3,(H,16,17). The molecule has 1 rings (SSSR count). The molecule has 1 atom stereocenters. The maximum atomic E-state index is 12.0. The van der Waals surface area contributed by atoms with Gasteiger partial charge < -0.3 is 15.8 Å². The SMILES string of the molecule is CCSc1ccccc1NC(=O)C(N)CCCOC. The van der Waals surface area contributed by atoms with Crippen molar-refractivity contribution in [3.63, 3.8) is 0 Å². The molecule has 3 N–H and O–H groups in total. The van der Waals surface area contributed by atoms with E-state index < -0.39 is 6.04 Å². The fourth-order valence-electron chi connectivity index (χ4n) is 1.66. The van der Waals surface area contributed by atoms with Crippen LogP contribution in [0, 0.1) is 0 Å². The van der Waals surface area contributed by atoms with Gasteiger partial charge in [0.2, 0.25) is 5.91 Å². The zero-order valence-corrected chi connectivity index (χ0v) is 12.3. The molecule has 0 saturated heterocycles. The molecule has 106 valence electrons. The molecule has 1 amide bonds. The second-order valence-electron chi connectivity index (χ2n) is 4.16. The summed E-state index contributed by atoms with van der Waals surface area (Å²) in [4.78, 5) is 13.0. The molecule has 0 fully saturated rings. The van der Waals surface area contributed by atoms with E-state index >= 15 is 0 Å². The van der Waals surface area contributed by atoms with E-state index in [-0.39, 0.29) is 5.91 Å². The van der Waals surface area contributed by atoms with Crippen molar-refractivity contribution in [3.8, 4) is 0 Å². The number of para-hydroxylation sites is 1. The summed E-state index contributed by atoms with van der Waals surface area (Å²) in [6.07, 6.45) is 1.42. The lowest BCUT2D eigenvalue weighted by atomic mass is 10.1. The molecule has 0 aliphatic heterocycles. The van der Waals surface area contributed by atoms with E-state index in [9.17, 15) is 4.79 Å². The van der Waals surface area contributed by atoms with Crippen LogP contribution in [0.3, 0.4) is 0 Å². The Morgan fingerprint density at radius 1 is 1.47 bits per heavy atom. The largest absolute Gasteiger partial charge is 0.385 e. The van der Waals surface area contributed by atoms with Gasteiger partial charge in [-0.15, -0.1) is 11.8 Å². The van der Waals surface area contributed by atoms with Crippen LogP contribution in [-0.4, -0.2) is 31.4 Å². The number of methoxy groups -OCH3 is 1. The highest BCUT2D eigenvalue weighted by atomic mass is 32.2. The van der Waals surface area contributed by atoms with Crippen LogP contribution in [0.15, 0.2) is 29.2 Å². The normalized spacial score (nSPS) is 12.2. The van der Waals surface area contributed by atoms with Crippen LogP contribution in [0.25, 0.3) is 0 Å². The summed E-state index contributed by atoms with van der Waals surface area (Å²) in [6.45, 7) is 2.71. The monoisotopic (exact) mass is 282 g/mol. The molecule has 1 unspecified atom stereocenters. The van der Waals surface area contributed by atoms with Gasteiger partial charge in [0, 0.05) is 18.6 Å². The number of nitrogens with two attached hydrogens (primary N) is 1. The average molecular weight is 282 g/mol. The molecule has 19 heavy (non-hydrogen) atoms. The van der Waals surface area contributed by atoms with Crippen molar-refractivity contribution in [3.05, 3.63) is 24.3 Å². The highest BCUT2D eigenvalue weighted by Crippen LogP contribution is 2.26. The summed E-state index contributed by atoms with van der Waals surface area (Å²) in [6, 6.07) is 7.28. The molecule has 0 radical (unpaired) electrons. The van der Waals surface area contributed by atoms with Crippen molar-refractivity contribution in [1.29, 1.82) is 0 Å². The Morgan fingerprint density at radius 3 is 2.89 bits per heavy atom. The third-order valence-electron chi connectivity index (χ3n) is 2.65. The van der Waals surface area contributed by atoms with E-state index in [1.54, 1.807) is 18.9 Å². The van der Waals surface area contributed by atoms with Crippen LogP contribution in [0.2, 0.25) is 0 Å². The second kappa shape index (κ2) is 8.96. The van der Waals surface area contributed by atoms with Crippen LogP contribution in [-0.2, 0) is 9.53 Å². The Hall–Kier alpha value is -1.04. The van der Waals surface area contributed by atoms with E-state index in [0.29, 0.717) is 13.0 Å². The number of nitrogens with one attached hydrogen (secondary N) is 1. The van der Waals surface area contributed by atoms with Gasteiger partial charge in [0.1, 0.15) is 0 Å². The first-order chi connectivity index (χ1) is 9.19. The van der Waals surface area contributed by atoms with E-state index in [1.165, 1.54) is 0 Å². The lowest BCUT2D eigenvalue weighted by molar-refractivity contribution is -0.117. The van der Waals surface area contributed by atoms with E-state index in [2.05, 4.69) is 12.2 Å². The molecule has 0 spiro atoms. The van der Waals surface area contributed by atoms with Gasteiger partial charge in [0.25, 0.3) is 0 Å². The molecule has 0 bridgehead atoms. The number of benzene rings is 1. The van der Waals surface area contributed by atoms with Gasteiger partial charge in [-0.3, -0.25) is 4.79 Å². The van der Waals surface area contributed by atoms with E-state index in [4.69, 9.17) is 10.5 Å². The summed E-state index contributed by atoms with van der Waals surface area (Å²) in [7, 11) is 1.64. The lowest BCUT2D eigenvalue weighted by Crippen LogP contribution is -2.35. The predicted molar refractivity (Wildman–Crippen MR) is 80.6 cm³/mol. The van der Waals surface area contributed by atoms with Crippen molar-refractivity contribution < 1.29 is 9.53 Å². The Balaban J connectivity index is 2.55.